The average molecular weight is 270 g/mol. The van der Waals surface area contributed by atoms with E-state index in [0.29, 0.717) is 17.9 Å². The second-order valence-corrected chi connectivity index (χ2v) is 4.70. The topological polar surface area (TPSA) is 49.3 Å². The monoisotopic (exact) mass is 269 g/mol. The predicted octanol–water partition coefficient (Wildman–Crippen LogP) is 3.07. The Morgan fingerprint density at radius 2 is 2.00 bits per heavy atom. The Labute approximate surface area is 113 Å². The van der Waals surface area contributed by atoms with Crippen molar-refractivity contribution in [3.8, 4) is 0 Å². The van der Waals surface area contributed by atoms with Crippen LogP contribution in [0.4, 0.5) is 0 Å². The van der Waals surface area contributed by atoms with Crippen molar-refractivity contribution in [3.05, 3.63) is 34.9 Å². The highest BCUT2D eigenvalue weighted by atomic mass is 35.5. The molecule has 0 aliphatic rings. The maximum Gasteiger partial charge on any atom is 0.220 e. The first kappa shape index (κ1) is 15.0. The van der Waals surface area contributed by atoms with E-state index >= 15 is 0 Å². The molecule has 18 heavy (non-hydrogen) atoms. The first-order valence-electron chi connectivity index (χ1n) is 6.33. The van der Waals surface area contributed by atoms with Gasteiger partial charge in [-0.1, -0.05) is 30.7 Å². The van der Waals surface area contributed by atoms with Gasteiger partial charge < -0.3 is 10.4 Å². The zero-order valence-corrected chi connectivity index (χ0v) is 11.4. The molecule has 1 amide bonds. The van der Waals surface area contributed by atoms with Gasteiger partial charge in [-0.3, -0.25) is 4.79 Å². The minimum Gasteiger partial charge on any atom is -0.396 e. The molecule has 0 saturated heterocycles. The van der Waals surface area contributed by atoms with Gasteiger partial charge in [-0.25, -0.2) is 0 Å². The average Bonchev–Trinajstić information content (AvgIpc) is 2.37. The molecule has 0 saturated carbocycles. The van der Waals surface area contributed by atoms with Crippen LogP contribution in [0, 0.1) is 0 Å². The lowest BCUT2D eigenvalue weighted by Gasteiger charge is -2.17. The number of nitrogens with one attached hydrogen (secondary N) is 1. The van der Waals surface area contributed by atoms with Gasteiger partial charge in [0.2, 0.25) is 5.91 Å². The Morgan fingerprint density at radius 1 is 1.33 bits per heavy atom. The van der Waals surface area contributed by atoms with E-state index in [1.54, 1.807) is 0 Å². The van der Waals surface area contributed by atoms with Gasteiger partial charge in [-0.2, -0.15) is 0 Å². The molecule has 3 nitrogen and oxygen atoms in total. The smallest absolute Gasteiger partial charge is 0.220 e. The van der Waals surface area contributed by atoms with Gasteiger partial charge in [0.05, 0.1) is 6.04 Å². The van der Waals surface area contributed by atoms with Crippen LogP contribution in [0.5, 0.6) is 0 Å². The molecule has 1 aromatic rings. The van der Waals surface area contributed by atoms with E-state index in [1.807, 2.05) is 31.2 Å². The molecule has 1 atom stereocenters. The molecule has 2 N–H and O–H groups in total. The largest absolute Gasteiger partial charge is 0.396 e. The number of carbonyl (C=O) groups excluding carboxylic acids is 1. The van der Waals surface area contributed by atoms with Crippen LogP contribution < -0.4 is 5.32 Å². The fourth-order valence-corrected chi connectivity index (χ4v) is 1.91. The molecule has 1 unspecified atom stereocenters. The van der Waals surface area contributed by atoms with E-state index in [9.17, 15) is 4.79 Å². The normalized spacial score (nSPS) is 12.2. The highest BCUT2D eigenvalue weighted by Gasteiger charge is 2.12. The number of aliphatic hydroxyl groups is 1. The molecule has 0 aromatic heterocycles. The van der Waals surface area contributed by atoms with Crippen molar-refractivity contribution >= 4 is 17.5 Å². The first-order chi connectivity index (χ1) is 8.67. The van der Waals surface area contributed by atoms with Crippen LogP contribution in [0.3, 0.4) is 0 Å². The summed E-state index contributed by atoms with van der Waals surface area (Å²) >= 11 is 5.84. The third kappa shape index (κ3) is 5.07. The molecule has 1 aromatic carbocycles. The quantitative estimate of drug-likeness (QED) is 0.748. The van der Waals surface area contributed by atoms with Crippen molar-refractivity contribution in [1.82, 2.24) is 5.32 Å². The Morgan fingerprint density at radius 3 is 2.56 bits per heavy atom. The molecule has 0 radical (unpaired) electrons. The summed E-state index contributed by atoms with van der Waals surface area (Å²) in [6.45, 7) is 2.18. The first-order valence-corrected chi connectivity index (χ1v) is 6.70. The van der Waals surface area contributed by atoms with Crippen LogP contribution in [0.15, 0.2) is 24.3 Å². The third-order valence-corrected chi connectivity index (χ3v) is 3.08. The Kier molecular flexibility index (Phi) is 6.76. The van der Waals surface area contributed by atoms with Crippen LogP contribution in [0.1, 0.15) is 44.2 Å². The minimum absolute atomic E-state index is 0.0314. The van der Waals surface area contributed by atoms with E-state index in [2.05, 4.69) is 5.32 Å². The van der Waals surface area contributed by atoms with Gasteiger partial charge >= 0.3 is 0 Å². The molecular weight excluding hydrogens is 250 g/mol. The van der Waals surface area contributed by atoms with Crippen LogP contribution in [0.25, 0.3) is 0 Å². The van der Waals surface area contributed by atoms with Crippen LogP contribution >= 0.6 is 11.6 Å². The molecule has 0 heterocycles. The Hall–Kier alpha value is -1.06. The molecule has 0 aliphatic heterocycles. The molecule has 0 fully saturated rings. The van der Waals surface area contributed by atoms with Gasteiger partial charge in [0.15, 0.2) is 0 Å². The number of halogens is 1. The van der Waals surface area contributed by atoms with Gasteiger partial charge in [-0.15, -0.1) is 0 Å². The van der Waals surface area contributed by atoms with Crippen molar-refractivity contribution in [3.63, 3.8) is 0 Å². The second kappa shape index (κ2) is 8.11. The maximum atomic E-state index is 11.7. The van der Waals surface area contributed by atoms with Crippen molar-refractivity contribution in [1.29, 1.82) is 0 Å². The van der Waals surface area contributed by atoms with Crippen molar-refractivity contribution in [2.45, 2.75) is 38.6 Å². The van der Waals surface area contributed by atoms with Crippen molar-refractivity contribution in [2.75, 3.05) is 6.61 Å². The van der Waals surface area contributed by atoms with Crippen molar-refractivity contribution < 1.29 is 9.90 Å². The number of unbranched alkanes of at least 4 members (excludes halogenated alkanes) is 1. The lowest BCUT2D eigenvalue weighted by Crippen LogP contribution is -2.27. The number of hydrogen-bond acceptors (Lipinski definition) is 2. The summed E-state index contributed by atoms with van der Waals surface area (Å²) in [6.07, 6.45) is 2.70. The maximum absolute atomic E-state index is 11.7. The Balaban J connectivity index is 2.51. The summed E-state index contributed by atoms with van der Waals surface area (Å²) in [7, 11) is 0. The Bertz CT molecular complexity index is 365. The molecule has 100 valence electrons. The highest BCUT2D eigenvalue weighted by molar-refractivity contribution is 6.30. The van der Waals surface area contributed by atoms with Crippen molar-refractivity contribution in [2.24, 2.45) is 0 Å². The number of aliphatic hydroxyl groups excluding tert-OH is 1. The number of amides is 1. The van der Waals surface area contributed by atoms with Crippen LogP contribution in [-0.2, 0) is 4.79 Å². The van der Waals surface area contributed by atoms with Crippen LogP contribution in [-0.4, -0.2) is 17.6 Å². The number of rotatable bonds is 7. The van der Waals surface area contributed by atoms with E-state index in [0.717, 1.165) is 18.4 Å². The zero-order valence-electron chi connectivity index (χ0n) is 10.7. The van der Waals surface area contributed by atoms with E-state index in [1.165, 1.54) is 0 Å². The number of benzene rings is 1. The van der Waals surface area contributed by atoms with Gasteiger partial charge in [0.25, 0.3) is 0 Å². The SMILES string of the molecule is CCC(NC(=O)CCCCO)c1ccc(Cl)cc1. The highest BCUT2D eigenvalue weighted by Crippen LogP contribution is 2.19. The number of carbonyl (C=O) groups is 1. The molecular formula is C14H20ClNO2. The summed E-state index contributed by atoms with van der Waals surface area (Å²) < 4.78 is 0. The number of hydrogen-bond donors (Lipinski definition) is 2. The molecule has 0 bridgehead atoms. The molecule has 0 aliphatic carbocycles. The summed E-state index contributed by atoms with van der Waals surface area (Å²) in [4.78, 5) is 11.7. The van der Waals surface area contributed by atoms with Crippen LogP contribution in [0.2, 0.25) is 5.02 Å². The minimum atomic E-state index is 0.0314. The summed E-state index contributed by atoms with van der Waals surface area (Å²) in [5.74, 6) is 0.0326. The van der Waals surface area contributed by atoms with Gasteiger partial charge in [0.1, 0.15) is 0 Å². The molecule has 1 rings (SSSR count). The lowest BCUT2D eigenvalue weighted by molar-refractivity contribution is -0.122. The zero-order chi connectivity index (χ0) is 13.4. The van der Waals surface area contributed by atoms with E-state index in [-0.39, 0.29) is 18.6 Å². The standard InChI is InChI=1S/C14H20ClNO2/c1-2-13(11-6-8-12(15)9-7-11)16-14(18)5-3-4-10-17/h6-9,13,17H,2-5,10H2,1H3,(H,16,18). The fraction of sp³-hybridized carbons (Fsp3) is 0.500. The molecule has 0 spiro atoms. The summed E-state index contributed by atoms with van der Waals surface area (Å²) in [6, 6.07) is 7.56. The van der Waals surface area contributed by atoms with E-state index in [4.69, 9.17) is 16.7 Å². The summed E-state index contributed by atoms with van der Waals surface area (Å²) in [5.41, 5.74) is 1.07. The fourth-order valence-electron chi connectivity index (χ4n) is 1.78. The second-order valence-electron chi connectivity index (χ2n) is 4.26. The predicted molar refractivity (Wildman–Crippen MR) is 73.6 cm³/mol. The lowest BCUT2D eigenvalue weighted by atomic mass is 10.0. The summed E-state index contributed by atoms with van der Waals surface area (Å²) in [5, 5.41) is 12.4. The van der Waals surface area contributed by atoms with Gasteiger partial charge in [-0.05, 0) is 37.0 Å². The van der Waals surface area contributed by atoms with Gasteiger partial charge in [0, 0.05) is 18.1 Å². The third-order valence-electron chi connectivity index (χ3n) is 2.83. The molecule has 4 heteroatoms. The van der Waals surface area contributed by atoms with E-state index < -0.39 is 0 Å².